The van der Waals surface area contributed by atoms with Crippen molar-refractivity contribution in [2.75, 3.05) is 20.5 Å². The molecule has 3 aromatic carbocycles. The highest BCUT2D eigenvalue weighted by Gasteiger charge is 2.27. The van der Waals surface area contributed by atoms with E-state index in [0.29, 0.717) is 24.5 Å². The molecule has 2 heterocycles. The highest BCUT2D eigenvalue weighted by Crippen LogP contribution is 2.38. The minimum absolute atomic E-state index is 0.0460. The van der Waals surface area contributed by atoms with Gasteiger partial charge in [0, 0.05) is 6.04 Å². The van der Waals surface area contributed by atoms with Gasteiger partial charge in [0.1, 0.15) is 6.61 Å². The number of fused-ring (bicyclic) bond motifs is 2. The Bertz CT molecular complexity index is 1190. The molecule has 2 aliphatic heterocycles. The van der Waals surface area contributed by atoms with E-state index in [1.807, 2.05) is 54.6 Å². The molecule has 0 fully saturated rings. The molecule has 34 heavy (non-hydrogen) atoms. The maximum Gasteiger partial charge on any atom is 0.231 e. The quantitative estimate of drug-likeness (QED) is 0.539. The van der Waals surface area contributed by atoms with Crippen LogP contribution in [0.4, 0.5) is 0 Å². The third-order valence-electron chi connectivity index (χ3n) is 6.33. The molecule has 6 nitrogen and oxygen atoms in total. The van der Waals surface area contributed by atoms with E-state index in [1.165, 1.54) is 0 Å². The Balaban J connectivity index is 1.43. The van der Waals surface area contributed by atoms with Gasteiger partial charge in [0.15, 0.2) is 23.0 Å². The van der Waals surface area contributed by atoms with Crippen molar-refractivity contribution in [3.05, 3.63) is 88.5 Å². The summed E-state index contributed by atoms with van der Waals surface area (Å²) in [6.45, 7) is 2.83. The largest absolute Gasteiger partial charge is 0.493 e. The summed E-state index contributed by atoms with van der Waals surface area (Å²) in [5.41, 5.74) is 5.52. The van der Waals surface area contributed by atoms with Gasteiger partial charge in [-0.25, -0.2) is 0 Å². The van der Waals surface area contributed by atoms with Crippen molar-refractivity contribution in [3.63, 3.8) is 0 Å². The maximum atomic E-state index is 9.92. The Morgan fingerprint density at radius 1 is 1.06 bits per heavy atom. The molecule has 6 heteroatoms. The Hall–Kier alpha value is -3.48. The summed E-state index contributed by atoms with van der Waals surface area (Å²) in [6.07, 6.45) is 4.92. The molecule has 2 aliphatic rings. The summed E-state index contributed by atoms with van der Waals surface area (Å²) in [6, 6.07) is 18.0. The van der Waals surface area contributed by atoms with E-state index in [9.17, 15) is 5.11 Å². The van der Waals surface area contributed by atoms with Gasteiger partial charge in [-0.15, -0.1) is 0 Å². The minimum Gasteiger partial charge on any atom is -0.493 e. The van der Waals surface area contributed by atoms with Crippen molar-refractivity contribution in [1.82, 2.24) is 5.32 Å². The molecular formula is C28H29NO5. The molecule has 0 saturated carbocycles. The number of ether oxygens (including phenoxy) is 4. The Labute approximate surface area is 199 Å². The van der Waals surface area contributed by atoms with Gasteiger partial charge >= 0.3 is 0 Å². The Morgan fingerprint density at radius 2 is 1.85 bits per heavy atom. The van der Waals surface area contributed by atoms with Crippen LogP contribution < -0.4 is 24.3 Å². The Kier molecular flexibility index (Phi) is 6.43. The van der Waals surface area contributed by atoms with E-state index in [-0.39, 0.29) is 25.5 Å². The van der Waals surface area contributed by atoms with Gasteiger partial charge in [-0.3, -0.25) is 0 Å². The summed E-state index contributed by atoms with van der Waals surface area (Å²) >= 11 is 0. The highest BCUT2D eigenvalue weighted by atomic mass is 16.7. The fourth-order valence-corrected chi connectivity index (χ4v) is 4.48. The van der Waals surface area contributed by atoms with Crippen molar-refractivity contribution in [1.29, 1.82) is 0 Å². The molecular weight excluding hydrogens is 430 g/mol. The first-order chi connectivity index (χ1) is 16.6. The molecule has 0 saturated heterocycles. The number of nitrogens with one attached hydrogen (secondary N) is 1. The summed E-state index contributed by atoms with van der Waals surface area (Å²) in [7, 11) is 1.66. The van der Waals surface area contributed by atoms with E-state index in [1.54, 1.807) is 7.11 Å². The minimum atomic E-state index is -0.0807. The molecule has 2 unspecified atom stereocenters. The maximum absolute atomic E-state index is 9.92. The zero-order valence-electron chi connectivity index (χ0n) is 19.4. The zero-order chi connectivity index (χ0) is 23.5. The van der Waals surface area contributed by atoms with E-state index in [0.717, 1.165) is 39.3 Å². The lowest BCUT2D eigenvalue weighted by Gasteiger charge is -2.31. The predicted molar refractivity (Wildman–Crippen MR) is 131 cm³/mol. The second kappa shape index (κ2) is 9.79. The van der Waals surface area contributed by atoms with Crippen LogP contribution in [0.1, 0.15) is 33.9 Å². The van der Waals surface area contributed by atoms with Gasteiger partial charge in [-0.05, 0) is 65.4 Å². The number of aryl methyl sites for hydroxylation is 1. The molecule has 5 rings (SSSR count). The predicted octanol–water partition coefficient (Wildman–Crippen LogP) is 4.57. The number of rotatable bonds is 7. The Morgan fingerprint density at radius 3 is 2.62 bits per heavy atom. The average molecular weight is 460 g/mol. The van der Waals surface area contributed by atoms with Crippen LogP contribution in [0.15, 0.2) is 60.7 Å². The number of benzene rings is 3. The molecule has 0 spiro atoms. The van der Waals surface area contributed by atoms with Gasteiger partial charge in [0.25, 0.3) is 0 Å². The van der Waals surface area contributed by atoms with Crippen LogP contribution >= 0.6 is 0 Å². The molecule has 2 atom stereocenters. The van der Waals surface area contributed by atoms with Crippen molar-refractivity contribution in [2.45, 2.75) is 32.0 Å². The lowest BCUT2D eigenvalue weighted by Crippen LogP contribution is -2.41. The monoisotopic (exact) mass is 459 g/mol. The van der Waals surface area contributed by atoms with Crippen LogP contribution in [0.5, 0.6) is 23.0 Å². The third-order valence-corrected chi connectivity index (χ3v) is 6.33. The molecule has 2 N–H and O–H groups in total. The smallest absolute Gasteiger partial charge is 0.231 e. The number of methoxy groups -OCH3 is 1. The molecule has 0 radical (unpaired) electrons. The van der Waals surface area contributed by atoms with E-state index in [2.05, 4.69) is 24.4 Å². The van der Waals surface area contributed by atoms with Crippen LogP contribution in [0.3, 0.4) is 0 Å². The van der Waals surface area contributed by atoms with Crippen LogP contribution in [0.25, 0.3) is 6.08 Å². The fraction of sp³-hybridized carbons (Fsp3) is 0.286. The van der Waals surface area contributed by atoms with Gasteiger partial charge in [-0.2, -0.15) is 0 Å². The summed E-state index contributed by atoms with van der Waals surface area (Å²) in [4.78, 5) is 0. The normalized spacial score (nSPS) is 18.7. The second-order valence-electron chi connectivity index (χ2n) is 8.63. The summed E-state index contributed by atoms with van der Waals surface area (Å²) in [5.74, 6) is 2.94. The van der Waals surface area contributed by atoms with E-state index in [4.69, 9.17) is 18.9 Å². The van der Waals surface area contributed by atoms with E-state index < -0.39 is 0 Å². The van der Waals surface area contributed by atoms with Crippen LogP contribution in [-0.2, 0) is 13.0 Å². The summed E-state index contributed by atoms with van der Waals surface area (Å²) in [5, 5.41) is 13.5. The second-order valence-corrected chi connectivity index (χ2v) is 8.63. The topological polar surface area (TPSA) is 69.2 Å². The number of hydrogen-bond acceptors (Lipinski definition) is 6. The van der Waals surface area contributed by atoms with Crippen LogP contribution in [0.2, 0.25) is 0 Å². The van der Waals surface area contributed by atoms with Gasteiger partial charge in [0.2, 0.25) is 6.79 Å². The van der Waals surface area contributed by atoms with Crippen molar-refractivity contribution in [3.8, 4) is 23.0 Å². The number of aliphatic hydroxyl groups excluding tert-OH is 1. The zero-order valence-corrected chi connectivity index (χ0v) is 19.4. The van der Waals surface area contributed by atoms with Crippen molar-refractivity contribution >= 4 is 6.08 Å². The van der Waals surface area contributed by atoms with Crippen molar-refractivity contribution < 1.29 is 24.1 Å². The summed E-state index contributed by atoms with van der Waals surface area (Å²) < 4.78 is 22.8. The SMILES string of the molecule is COc1cc2c(cc1OCc1ccccc1)CC(CO)NC2/C=C/c1cc2c(cc1C)OCO2. The average Bonchev–Trinajstić information content (AvgIpc) is 3.32. The van der Waals surface area contributed by atoms with Gasteiger partial charge in [0.05, 0.1) is 19.8 Å². The van der Waals surface area contributed by atoms with E-state index >= 15 is 0 Å². The molecule has 176 valence electrons. The first kappa shape index (κ1) is 22.3. The lowest BCUT2D eigenvalue weighted by molar-refractivity contribution is 0.174. The van der Waals surface area contributed by atoms with Crippen molar-refractivity contribution in [2.24, 2.45) is 0 Å². The number of hydrogen-bond donors (Lipinski definition) is 2. The van der Waals surface area contributed by atoms with Crippen LogP contribution in [0, 0.1) is 6.92 Å². The molecule has 0 aromatic heterocycles. The van der Waals surface area contributed by atoms with Gasteiger partial charge < -0.3 is 29.4 Å². The lowest BCUT2D eigenvalue weighted by atomic mass is 9.89. The standard InChI is InChI=1S/C28H29NO5/c1-18-10-26-28(34-17-33-26)12-20(18)8-9-24-23-14-25(31-2)27(13-21(23)11-22(15-30)29-24)32-16-19-6-4-3-5-7-19/h3-10,12-14,22,24,29-30H,11,15-17H2,1-2H3/b9-8+. The fourth-order valence-electron chi connectivity index (χ4n) is 4.48. The van der Waals surface area contributed by atoms with Gasteiger partial charge in [-0.1, -0.05) is 42.5 Å². The number of aliphatic hydroxyl groups is 1. The third kappa shape index (κ3) is 4.60. The first-order valence-corrected chi connectivity index (χ1v) is 11.5. The molecule has 0 aliphatic carbocycles. The molecule has 0 amide bonds. The highest BCUT2D eigenvalue weighted by molar-refractivity contribution is 5.62. The first-order valence-electron chi connectivity index (χ1n) is 11.5. The molecule has 3 aromatic rings. The van der Waals surface area contributed by atoms with Crippen LogP contribution in [-0.4, -0.2) is 31.7 Å². The molecule has 0 bridgehead atoms.